The van der Waals surface area contributed by atoms with Crippen LogP contribution in [0.3, 0.4) is 0 Å². The largest absolute Gasteiger partial charge is 0.497 e. The van der Waals surface area contributed by atoms with Gasteiger partial charge in [-0.1, -0.05) is 12.1 Å². The van der Waals surface area contributed by atoms with Crippen molar-refractivity contribution in [2.24, 2.45) is 5.41 Å². The number of benzene rings is 1. The molecule has 178 valence electrons. The molecular weight excluding hydrogens is 412 g/mol. The van der Waals surface area contributed by atoms with Gasteiger partial charge >= 0.3 is 0 Å². The molecule has 8 nitrogen and oxygen atoms in total. The lowest BCUT2D eigenvalue weighted by Gasteiger charge is -2.50. The second kappa shape index (κ2) is 9.77. The maximum atomic E-state index is 13.4. The molecule has 1 spiro atoms. The first-order valence-electron chi connectivity index (χ1n) is 11.3. The zero-order valence-electron chi connectivity index (χ0n) is 19.4. The fraction of sp³-hybridized carbons (Fsp3) is 0.667. The Labute approximate surface area is 189 Å². The average molecular weight is 449 g/mol. The summed E-state index contributed by atoms with van der Waals surface area (Å²) in [6.07, 6.45) is 3.68. The van der Waals surface area contributed by atoms with Gasteiger partial charge in [-0.3, -0.25) is 9.59 Å². The number of hydrogen-bond acceptors (Lipinski definition) is 6. The number of carbonyl (C=O) groups is 2. The Hall–Kier alpha value is -2.16. The van der Waals surface area contributed by atoms with E-state index in [0.717, 1.165) is 50.6 Å². The van der Waals surface area contributed by atoms with Crippen LogP contribution in [0.15, 0.2) is 24.3 Å². The number of carboxylic acid groups (broad SMARTS) is 1. The van der Waals surface area contributed by atoms with E-state index in [0.29, 0.717) is 32.5 Å². The minimum absolute atomic E-state index is 0.242. The minimum atomic E-state index is -0.833. The molecule has 3 aliphatic heterocycles. The minimum Gasteiger partial charge on any atom is -0.497 e. The second-order valence-corrected chi connectivity index (χ2v) is 9.68. The first kappa shape index (κ1) is 24.5. The van der Waals surface area contributed by atoms with Gasteiger partial charge in [0.15, 0.2) is 0 Å². The Balaban J connectivity index is 0.000000668. The third-order valence-electron chi connectivity index (χ3n) is 6.77. The first-order valence-corrected chi connectivity index (χ1v) is 11.3. The number of piperidine rings is 1. The molecule has 1 aromatic carbocycles. The van der Waals surface area contributed by atoms with Gasteiger partial charge in [-0.2, -0.15) is 0 Å². The topological polar surface area (TPSA) is 108 Å². The van der Waals surface area contributed by atoms with Gasteiger partial charge in [0, 0.05) is 39.5 Å². The summed E-state index contributed by atoms with van der Waals surface area (Å²) >= 11 is 0. The van der Waals surface area contributed by atoms with Crippen molar-refractivity contribution in [3.63, 3.8) is 0 Å². The van der Waals surface area contributed by atoms with Crippen LogP contribution in [0.1, 0.15) is 45.1 Å². The predicted molar refractivity (Wildman–Crippen MR) is 120 cm³/mol. The summed E-state index contributed by atoms with van der Waals surface area (Å²) in [7, 11) is 1.67. The van der Waals surface area contributed by atoms with E-state index in [1.165, 1.54) is 0 Å². The van der Waals surface area contributed by atoms with Crippen molar-refractivity contribution in [3.8, 4) is 5.75 Å². The van der Waals surface area contributed by atoms with Gasteiger partial charge in [-0.15, -0.1) is 0 Å². The molecule has 0 bridgehead atoms. The average Bonchev–Trinajstić information content (AvgIpc) is 2.70. The fourth-order valence-corrected chi connectivity index (χ4v) is 5.05. The molecule has 1 atom stereocenters. The van der Waals surface area contributed by atoms with E-state index < -0.39 is 11.6 Å². The molecule has 0 aromatic heterocycles. The van der Waals surface area contributed by atoms with Crippen LogP contribution in [0.2, 0.25) is 0 Å². The van der Waals surface area contributed by atoms with Crippen LogP contribution in [0.25, 0.3) is 0 Å². The molecule has 1 unspecified atom stereocenters. The maximum absolute atomic E-state index is 13.4. The molecule has 3 saturated heterocycles. The Bertz CT molecular complexity index is 808. The second-order valence-electron chi connectivity index (χ2n) is 9.68. The number of nitrogens with zero attached hydrogens (tertiary/aromatic N) is 1. The Morgan fingerprint density at radius 2 is 1.88 bits per heavy atom. The Kier molecular flexibility index (Phi) is 7.47. The molecule has 8 heteroatoms. The van der Waals surface area contributed by atoms with Crippen molar-refractivity contribution in [1.29, 1.82) is 0 Å². The molecule has 1 aromatic rings. The lowest BCUT2D eigenvalue weighted by atomic mass is 9.73. The lowest BCUT2D eigenvalue weighted by Crippen LogP contribution is -2.65. The molecule has 32 heavy (non-hydrogen) atoms. The first-order chi connectivity index (χ1) is 15.1. The zero-order chi connectivity index (χ0) is 23.4. The van der Waals surface area contributed by atoms with E-state index in [4.69, 9.17) is 19.4 Å². The predicted octanol–water partition coefficient (Wildman–Crippen LogP) is 1.84. The van der Waals surface area contributed by atoms with Crippen LogP contribution in [0.5, 0.6) is 5.75 Å². The van der Waals surface area contributed by atoms with E-state index in [1.807, 2.05) is 30.0 Å². The van der Waals surface area contributed by atoms with Crippen LogP contribution in [-0.2, 0) is 20.7 Å². The molecule has 0 radical (unpaired) electrons. The van der Waals surface area contributed by atoms with Crippen LogP contribution >= 0.6 is 0 Å². The molecular formula is C24H36N2O6. The van der Waals surface area contributed by atoms with Gasteiger partial charge in [0.05, 0.1) is 30.3 Å². The number of carboxylic acids is 1. The molecule has 0 saturated carbocycles. The standard InChI is InChI=1S/C22H32N2O4.C2H4O2/c1-20(26)8-11-28-22(14-20)6-9-24(10-7-22)19(25)21(15-23-16-21)13-17-4-3-5-18(12-17)27-2;1-2(3)4/h3-5,12,23,26H,6-11,13-16H2,1-2H3;1H3,(H,3,4). The Morgan fingerprint density at radius 3 is 2.41 bits per heavy atom. The van der Waals surface area contributed by atoms with Crippen molar-refractivity contribution >= 4 is 11.9 Å². The van der Waals surface area contributed by atoms with E-state index in [1.54, 1.807) is 7.11 Å². The molecule has 3 N–H and O–H groups in total. The highest BCUT2D eigenvalue weighted by atomic mass is 16.5. The Morgan fingerprint density at radius 1 is 1.22 bits per heavy atom. The third-order valence-corrected chi connectivity index (χ3v) is 6.77. The highest BCUT2D eigenvalue weighted by Gasteiger charge is 2.50. The lowest BCUT2D eigenvalue weighted by molar-refractivity contribution is -0.178. The highest BCUT2D eigenvalue weighted by Crippen LogP contribution is 2.41. The van der Waals surface area contributed by atoms with Gasteiger partial charge in [0.2, 0.25) is 5.91 Å². The van der Waals surface area contributed by atoms with Crippen molar-refractivity contribution in [1.82, 2.24) is 10.2 Å². The van der Waals surface area contributed by atoms with Crippen LogP contribution in [0, 0.1) is 5.41 Å². The fourth-order valence-electron chi connectivity index (χ4n) is 5.05. The number of hydrogen-bond donors (Lipinski definition) is 3. The normalized spacial score (nSPS) is 25.8. The highest BCUT2D eigenvalue weighted by molar-refractivity contribution is 5.85. The van der Waals surface area contributed by atoms with Crippen molar-refractivity contribution in [2.45, 2.75) is 57.2 Å². The number of amides is 1. The molecule has 1 amide bonds. The summed E-state index contributed by atoms with van der Waals surface area (Å²) < 4.78 is 11.4. The molecule has 4 rings (SSSR count). The summed E-state index contributed by atoms with van der Waals surface area (Å²) in [5, 5.41) is 21.2. The smallest absolute Gasteiger partial charge is 0.300 e. The van der Waals surface area contributed by atoms with E-state index in [9.17, 15) is 9.90 Å². The number of aliphatic carboxylic acids is 1. The summed E-state index contributed by atoms with van der Waals surface area (Å²) in [5.74, 6) is 0.236. The summed E-state index contributed by atoms with van der Waals surface area (Å²) in [4.78, 5) is 24.4. The van der Waals surface area contributed by atoms with E-state index >= 15 is 0 Å². The number of ether oxygens (including phenoxy) is 2. The number of nitrogens with one attached hydrogen (secondary N) is 1. The number of methoxy groups -OCH3 is 1. The van der Waals surface area contributed by atoms with Crippen LogP contribution in [0.4, 0.5) is 0 Å². The number of rotatable bonds is 4. The van der Waals surface area contributed by atoms with E-state index in [-0.39, 0.29) is 16.9 Å². The van der Waals surface area contributed by atoms with Crippen LogP contribution in [-0.4, -0.2) is 78.1 Å². The van der Waals surface area contributed by atoms with Gasteiger partial charge in [0.25, 0.3) is 5.97 Å². The summed E-state index contributed by atoms with van der Waals surface area (Å²) in [6.45, 7) is 6.43. The van der Waals surface area contributed by atoms with Gasteiger partial charge in [-0.05, 0) is 50.3 Å². The number of likely N-dealkylation sites (tertiary alicyclic amines) is 1. The number of carbonyl (C=O) groups excluding carboxylic acids is 1. The molecule has 3 heterocycles. The third kappa shape index (κ3) is 5.79. The SMILES string of the molecule is CC(=O)O.COc1cccc(CC2(C(=O)N3CCC4(CC3)CC(C)(O)CCO4)CNC2)c1. The molecule has 3 aliphatic rings. The summed E-state index contributed by atoms with van der Waals surface area (Å²) in [6, 6.07) is 8.01. The molecule has 3 fully saturated rings. The van der Waals surface area contributed by atoms with Gasteiger partial charge in [0.1, 0.15) is 5.75 Å². The van der Waals surface area contributed by atoms with Crippen LogP contribution < -0.4 is 10.1 Å². The van der Waals surface area contributed by atoms with Gasteiger partial charge < -0.3 is 29.9 Å². The van der Waals surface area contributed by atoms with Crippen molar-refractivity contribution < 1.29 is 29.3 Å². The van der Waals surface area contributed by atoms with Gasteiger partial charge in [-0.25, -0.2) is 0 Å². The monoisotopic (exact) mass is 448 g/mol. The van der Waals surface area contributed by atoms with Crippen molar-refractivity contribution in [3.05, 3.63) is 29.8 Å². The quantitative estimate of drug-likeness (QED) is 0.645. The number of aliphatic hydroxyl groups is 1. The summed E-state index contributed by atoms with van der Waals surface area (Å²) in [5.41, 5.74) is -0.156. The van der Waals surface area contributed by atoms with Crippen molar-refractivity contribution in [2.75, 3.05) is 39.9 Å². The van der Waals surface area contributed by atoms with E-state index in [2.05, 4.69) is 11.4 Å². The maximum Gasteiger partial charge on any atom is 0.300 e. The molecule has 0 aliphatic carbocycles. The zero-order valence-corrected chi connectivity index (χ0v) is 19.4.